The van der Waals surface area contributed by atoms with Crippen molar-refractivity contribution in [2.75, 3.05) is 18.0 Å². The minimum Gasteiger partial charge on any atom is -0.372 e. The summed E-state index contributed by atoms with van der Waals surface area (Å²) < 4.78 is 5.82. The first-order valence-corrected chi connectivity index (χ1v) is 7.21. The van der Waals surface area contributed by atoms with Crippen molar-refractivity contribution in [3.8, 4) is 0 Å². The molecule has 106 valence electrons. The second kappa shape index (κ2) is 5.93. The number of benzene rings is 1. The molecule has 0 bridgehead atoms. The van der Waals surface area contributed by atoms with E-state index in [-0.39, 0.29) is 18.2 Å². The average Bonchev–Trinajstić information content (AvgIpc) is 2.26. The summed E-state index contributed by atoms with van der Waals surface area (Å²) in [7, 11) is 0. The Morgan fingerprint density at radius 3 is 2.53 bits per heavy atom. The first kappa shape index (κ1) is 14.4. The third-order valence-electron chi connectivity index (χ3n) is 3.54. The molecular weight excluding hydrogens is 236 g/mol. The van der Waals surface area contributed by atoms with Gasteiger partial charge in [-0.15, -0.1) is 0 Å². The SMILES string of the molecule is Cc1ccc(N2CC(C)OC(C)C2)c(CC(C)N)c1. The summed E-state index contributed by atoms with van der Waals surface area (Å²) in [6.45, 7) is 10.4. The topological polar surface area (TPSA) is 38.5 Å². The molecule has 19 heavy (non-hydrogen) atoms. The van der Waals surface area contributed by atoms with Gasteiger partial charge in [0.25, 0.3) is 0 Å². The van der Waals surface area contributed by atoms with E-state index in [4.69, 9.17) is 10.5 Å². The molecule has 1 saturated heterocycles. The van der Waals surface area contributed by atoms with Gasteiger partial charge in [0, 0.05) is 24.8 Å². The Labute approximate surface area is 116 Å². The minimum atomic E-state index is 0.191. The summed E-state index contributed by atoms with van der Waals surface area (Å²) in [5.74, 6) is 0. The zero-order valence-electron chi connectivity index (χ0n) is 12.5. The fraction of sp³-hybridized carbons (Fsp3) is 0.625. The van der Waals surface area contributed by atoms with Gasteiger partial charge in [-0.25, -0.2) is 0 Å². The Balaban J connectivity index is 2.27. The van der Waals surface area contributed by atoms with E-state index in [2.05, 4.69) is 50.8 Å². The van der Waals surface area contributed by atoms with E-state index in [1.165, 1.54) is 16.8 Å². The summed E-state index contributed by atoms with van der Waals surface area (Å²) in [5.41, 5.74) is 9.97. The van der Waals surface area contributed by atoms with Crippen LogP contribution >= 0.6 is 0 Å². The molecule has 3 unspecified atom stereocenters. The monoisotopic (exact) mass is 262 g/mol. The van der Waals surface area contributed by atoms with Crippen LogP contribution in [-0.4, -0.2) is 31.3 Å². The van der Waals surface area contributed by atoms with Crippen LogP contribution in [-0.2, 0) is 11.2 Å². The lowest BCUT2D eigenvalue weighted by Crippen LogP contribution is -2.46. The molecular formula is C16H26N2O. The maximum atomic E-state index is 5.98. The predicted octanol–water partition coefficient (Wildman–Crippen LogP) is 2.50. The second-order valence-corrected chi connectivity index (χ2v) is 5.98. The standard InChI is InChI=1S/C16H26N2O/c1-11-5-6-16(15(7-11)8-12(2)17)18-9-13(3)19-14(4)10-18/h5-7,12-14H,8-10,17H2,1-4H3. The number of aryl methyl sites for hydroxylation is 1. The zero-order chi connectivity index (χ0) is 14.0. The van der Waals surface area contributed by atoms with Crippen LogP contribution in [0.4, 0.5) is 5.69 Å². The van der Waals surface area contributed by atoms with Crippen molar-refractivity contribution in [3.05, 3.63) is 29.3 Å². The Hall–Kier alpha value is -1.06. The van der Waals surface area contributed by atoms with Crippen molar-refractivity contribution in [2.45, 2.75) is 52.4 Å². The number of rotatable bonds is 3. The number of anilines is 1. The van der Waals surface area contributed by atoms with E-state index in [1.54, 1.807) is 0 Å². The van der Waals surface area contributed by atoms with Gasteiger partial charge in [-0.05, 0) is 45.7 Å². The fourth-order valence-corrected chi connectivity index (χ4v) is 2.91. The first-order chi connectivity index (χ1) is 8.95. The van der Waals surface area contributed by atoms with Gasteiger partial charge in [0.1, 0.15) is 0 Å². The van der Waals surface area contributed by atoms with Crippen molar-refractivity contribution in [3.63, 3.8) is 0 Å². The third kappa shape index (κ3) is 3.71. The maximum Gasteiger partial charge on any atom is 0.0726 e. The zero-order valence-corrected chi connectivity index (χ0v) is 12.5. The molecule has 3 atom stereocenters. The van der Waals surface area contributed by atoms with Crippen LogP contribution in [0.2, 0.25) is 0 Å². The molecule has 0 aromatic heterocycles. The molecule has 1 aliphatic rings. The minimum absolute atomic E-state index is 0.191. The molecule has 0 saturated carbocycles. The number of hydrogen-bond acceptors (Lipinski definition) is 3. The first-order valence-electron chi connectivity index (χ1n) is 7.21. The van der Waals surface area contributed by atoms with Crippen LogP contribution in [0.15, 0.2) is 18.2 Å². The lowest BCUT2D eigenvalue weighted by atomic mass is 10.0. The lowest BCUT2D eigenvalue weighted by Gasteiger charge is -2.38. The smallest absolute Gasteiger partial charge is 0.0726 e. The number of hydrogen-bond donors (Lipinski definition) is 1. The van der Waals surface area contributed by atoms with E-state index in [0.717, 1.165) is 19.5 Å². The van der Waals surface area contributed by atoms with Crippen molar-refractivity contribution < 1.29 is 4.74 Å². The Morgan fingerprint density at radius 1 is 1.32 bits per heavy atom. The quantitative estimate of drug-likeness (QED) is 0.909. The van der Waals surface area contributed by atoms with Crippen LogP contribution in [0.25, 0.3) is 0 Å². The van der Waals surface area contributed by atoms with Gasteiger partial charge in [-0.3, -0.25) is 0 Å². The highest BCUT2D eigenvalue weighted by atomic mass is 16.5. The van der Waals surface area contributed by atoms with Gasteiger partial charge in [0.2, 0.25) is 0 Å². The molecule has 3 heteroatoms. The number of morpholine rings is 1. The summed E-state index contributed by atoms with van der Waals surface area (Å²) in [6.07, 6.45) is 1.50. The van der Waals surface area contributed by atoms with Crippen LogP contribution < -0.4 is 10.6 Å². The summed E-state index contributed by atoms with van der Waals surface area (Å²) in [4.78, 5) is 2.44. The van der Waals surface area contributed by atoms with Gasteiger partial charge in [0.15, 0.2) is 0 Å². The molecule has 0 spiro atoms. The molecule has 1 aromatic rings. The Bertz CT molecular complexity index is 421. The summed E-state index contributed by atoms with van der Waals surface area (Å²) >= 11 is 0. The van der Waals surface area contributed by atoms with E-state index >= 15 is 0 Å². The van der Waals surface area contributed by atoms with Crippen molar-refractivity contribution in [1.82, 2.24) is 0 Å². The fourth-order valence-electron chi connectivity index (χ4n) is 2.91. The highest BCUT2D eigenvalue weighted by Crippen LogP contribution is 2.26. The molecule has 1 heterocycles. The van der Waals surface area contributed by atoms with E-state index in [1.807, 2.05) is 0 Å². The summed E-state index contributed by atoms with van der Waals surface area (Å²) in [6, 6.07) is 6.88. The van der Waals surface area contributed by atoms with Crippen molar-refractivity contribution >= 4 is 5.69 Å². The number of nitrogens with two attached hydrogens (primary N) is 1. The molecule has 0 amide bonds. The van der Waals surface area contributed by atoms with Gasteiger partial charge >= 0.3 is 0 Å². The predicted molar refractivity (Wildman–Crippen MR) is 80.8 cm³/mol. The largest absolute Gasteiger partial charge is 0.372 e. The van der Waals surface area contributed by atoms with Gasteiger partial charge in [-0.2, -0.15) is 0 Å². The lowest BCUT2D eigenvalue weighted by molar-refractivity contribution is -0.00526. The van der Waals surface area contributed by atoms with Crippen LogP contribution in [0.5, 0.6) is 0 Å². The Morgan fingerprint density at radius 2 is 1.95 bits per heavy atom. The molecule has 0 radical (unpaired) electrons. The summed E-state index contributed by atoms with van der Waals surface area (Å²) in [5, 5.41) is 0. The molecule has 0 aliphatic carbocycles. The molecule has 3 nitrogen and oxygen atoms in total. The van der Waals surface area contributed by atoms with Gasteiger partial charge in [0.05, 0.1) is 12.2 Å². The van der Waals surface area contributed by atoms with E-state index in [9.17, 15) is 0 Å². The molecule has 2 rings (SSSR count). The average molecular weight is 262 g/mol. The maximum absolute atomic E-state index is 5.98. The van der Waals surface area contributed by atoms with E-state index < -0.39 is 0 Å². The second-order valence-electron chi connectivity index (χ2n) is 5.98. The van der Waals surface area contributed by atoms with Crippen LogP contribution in [0.1, 0.15) is 31.9 Å². The van der Waals surface area contributed by atoms with Crippen molar-refractivity contribution in [1.29, 1.82) is 0 Å². The normalized spacial score (nSPS) is 25.4. The third-order valence-corrected chi connectivity index (χ3v) is 3.54. The van der Waals surface area contributed by atoms with Crippen molar-refractivity contribution in [2.24, 2.45) is 5.73 Å². The Kier molecular flexibility index (Phi) is 4.48. The van der Waals surface area contributed by atoms with Gasteiger partial charge < -0.3 is 15.4 Å². The van der Waals surface area contributed by atoms with Gasteiger partial charge in [-0.1, -0.05) is 17.7 Å². The van der Waals surface area contributed by atoms with Crippen LogP contribution in [0.3, 0.4) is 0 Å². The number of nitrogens with zero attached hydrogens (tertiary/aromatic N) is 1. The van der Waals surface area contributed by atoms with Crippen LogP contribution in [0, 0.1) is 6.92 Å². The molecule has 1 aliphatic heterocycles. The van der Waals surface area contributed by atoms with E-state index in [0.29, 0.717) is 0 Å². The molecule has 1 fully saturated rings. The molecule has 2 N–H and O–H groups in total. The number of ether oxygens (including phenoxy) is 1. The molecule has 1 aromatic carbocycles. The highest BCUT2D eigenvalue weighted by molar-refractivity contribution is 5.56. The highest BCUT2D eigenvalue weighted by Gasteiger charge is 2.24.